The maximum absolute atomic E-state index is 13.0. The van der Waals surface area contributed by atoms with Gasteiger partial charge >= 0.3 is 0 Å². The van der Waals surface area contributed by atoms with E-state index >= 15 is 0 Å². The number of carbonyl (C=O) groups is 1. The van der Waals surface area contributed by atoms with Crippen molar-refractivity contribution in [2.45, 2.75) is 37.2 Å². The highest BCUT2D eigenvalue weighted by Crippen LogP contribution is 2.43. The van der Waals surface area contributed by atoms with Gasteiger partial charge in [0.1, 0.15) is 6.10 Å². The zero-order valence-electron chi connectivity index (χ0n) is 13.6. The molecule has 1 aliphatic carbocycles. The largest absolute Gasteiger partial charge is 0.394 e. The van der Waals surface area contributed by atoms with Crippen molar-refractivity contribution in [3.05, 3.63) is 44.8 Å². The molecule has 24 heavy (non-hydrogen) atoms. The number of aliphatic hydroxyl groups excluding tert-OH is 1. The highest BCUT2D eigenvalue weighted by molar-refractivity contribution is 7.10. The van der Waals surface area contributed by atoms with Crippen molar-refractivity contribution in [3.63, 3.8) is 0 Å². The zero-order chi connectivity index (χ0) is 16.8. The van der Waals surface area contributed by atoms with Crippen molar-refractivity contribution >= 4 is 28.6 Å². The fraction of sp³-hybridized carbons (Fsp3) is 0.500. The van der Waals surface area contributed by atoms with Gasteiger partial charge in [0.2, 0.25) is 5.91 Å². The van der Waals surface area contributed by atoms with Crippen LogP contribution in [0.1, 0.15) is 41.5 Å². The van der Waals surface area contributed by atoms with E-state index in [1.165, 1.54) is 4.88 Å². The van der Waals surface area contributed by atoms with Gasteiger partial charge in [0, 0.05) is 16.3 Å². The third-order valence-corrected chi connectivity index (χ3v) is 6.64. The predicted octanol–water partition coefficient (Wildman–Crippen LogP) is 3.49. The van der Waals surface area contributed by atoms with E-state index in [0.717, 1.165) is 30.6 Å². The summed E-state index contributed by atoms with van der Waals surface area (Å²) in [7, 11) is 0. The molecule has 2 N–H and O–H groups in total. The minimum absolute atomic E-state index is 0.0189. The van der Waals surface area contributed by atoms with Crippen LogP contribution in [-0.2, 0) is 14.9 Å². The number of carbonyl (C=O) groups excluding carboxylic acids is 1. The van der Waals surface area contributed by atoms with Gasteiger partial charge in [-0.15, -0.1) is 22.7 Å². The summed E-state index contributed by atoms with van der Waals surface area (Å²) in [6.45, 7) is 0.690. The maximum Gasteiger partial charge on any atom is 0.231 e. The zero-order valence-corrected chi connectivity index (χ0v) is 15.2. The summed E-state index contributed by atoms with van der Waals surface area (Å²) < 4.78 is 5.72. The number of hydrogen-bond acceptors (Lipinski definition) is 5. The number of aliphatic hydroxyl groups is 1. The first kappa shape index (κ1) is 17.6. The van der Waals surface area contributed by atoms with Crippen LogP contribution < -0.4 is 5.32 Å². The highest BCUT2D eigenvalue weighted by Gasteiger charge is 2.43. The molecule has 3 rings (SSSR count). The van der Waals surface area contributed by atoms with E-state index in [1.807, 2.05) is 29.0 Å². The quantitative estimate of drug-likeness (QED) is 0.753. The molecule has 1 fully saturated rings. The van der Waals surface area contributed by atoms with E-state index in [0.29, 0.717) is 6.54 Å². The molecule has 0 bridgehead atoms. The van der Waals surface area contributed by atoms with Gasteiger partial charge in [-0.2, -0.15) is 0 Å². The lowest BCUT2D eigenvalue weighted by molar-refractivity contribution is -0.127. The maximum atomic E-state index is 13.0. The van der Waals surface area contributed by atoms with E-state index in [9.17, 15) is 4.79 Å². The summed E-state index contributed by atoms with van der Waals surface area (Å²) in [6, 6.07) is 8.07. The standard InChI is InChI=1S/C18H23NO3S2/c20-9-10-22-14(15-5-3-11-23-15)13-19-17(21)18(7-1-2-8-18)16-6-4-12-24-16/h3-6,11-12,14,20H,1-2,7-10,13H2,(H,19,21)/t14-/m0/s1. The average molecular weight is 366 g/mol. The summed E-state index contributed by atoms with van der Waals surface area (Å²) in [6.07, 6.45) is 3.82. The van der Waals surface area contributed by atoms with Crippen LogP contribution in [0.5, 0.6) is 0 Å². The molecule has 130 valence electrons. The molecule has 0 radical (unpaired) electrons. The van der Waals surface area contributed by atoms with Crippen LogP contribution in [0.3, 0.4) is 0 Å². The Kier molecular flexibility index (Phi) is 6.05. The molecule has 2 aromatic rings. The highest BCUT2D eigenvalue weighted by atomic mass is 32.1. The lowest BCUT2D eigenvalue weighted by atomic mass is 9.83. The van der Waals surface area contributed by atoms with Crippen LogP contribution in [0.2, 0.25) is 0 Å². The van der Waals surface area contributed by atoms with Crippen LogP contribution in [0.15, 0.2) is 35.0 Å². The summed E-state index contributed by atoms with van der Waals surface area (Å²) in [5.41, 5.74) is -0.370. The number of ether oxygens (including phenoxy) is 1. The first-order valence-corrected chi connectivity index (χ1v) is 10.1. The molecule has 0 spiro atoms. The van der Waals surface area contributed by atoms with Crippen LogP contribution in [0, 0.1) is 0 Å². The molecule has 1 saturated carbocycles. The molecular formula is C18H23NO3S2. The Morgan fingerprint density at radius 2 is 2.00 bits per heavy atom. The molecule has 6 heteroatoms. The molecule has 2 aromatic heterocycles. The molecule has 0 unspecified atom stereocenters. The normalized spacial score (nSPS) is 17.7. The molecular weight excluding hydrogens is 342 g/mol. The van der Waals surface area contributed by atoms with E-state index < -0.39 is 0 Å². The van der Waals surface area contributed by atoms with Gasteiger partial charge in [-0.3, -0.25) is 4.79 Å². The number of nitrogens with one attached hydrogen (secondary N) is 1. The summed E-state index contributed by atoms with van der Waals surface area (Å²) in [4.78, 5) is 15.2. The van der Waals surface area contributed by atoms with Crippen LogP contribution >= 0.6 is 22.7 Å². The van der Waals surface area contributed by atoms with Gasteiger partial charge in [-0.1, -0.05) is 25.0 Å². The van der Waals surface area contributed by atoms with E-state index in [1.54, 1.807) is 22.7 Å². The van der Waals surface area contributed by atoms with Crippen molar-refractivity contribution in [2.24, 2.45) is 0 Å². The lowest BCUT2D eigenvalue weighted by Gasteiger charge is -2.28. The van der Waals surface area contributed by atoms with E-state index in [2.05, 4.69) is 11.4 Å². The molecule has 1 aliphatic rings. The minimum Gasteiger partial charge on any atom is -0.394 e. The number of rotatable bonds is 8. The smallest absolute Gasteiger partial charge is 0.231 e. The van der Waals surface area contributed by atoms with Crippen molar-refractivity contribution in [2.75, 3.05) is 19.8 Å². The molecule has 0 aromatic carbocycles. The first-order valence-electron chi connectivity index (χ1n) is 8.34. The average Bonchev–Trinajstić information content (AvgIpc) is 3.35. The first-order chi connectivity index (χ1) is 11.8. The second-order valence-electron chi connectivity index (χ2n) is 6.07. The Bertz CT molecular complexity index is 619. The Morgan fingerprint density at radius 1 is 1.25 bits per heavy atom. The van der Waals surface area contributed by atoms with E-state index in [4.69, 9.17) is 9.84 Å². The third-order valence-electron chi connectivity index (χ3n) is 4.60. The van der Waals surface area contributed by atoms with Gasteiger partial charge in [-0.05, 0) is 35.7 Å². The number of thiophene rings is 2. The number of amides is 1. The van der Waals surface area contributed by atoms with Crippen LogP contribution in [0.25, 0.3) is 0 Å². The summed E-state index contributed by atoms with van der Waals surface area (Å²) in [5, 5.41) is 16.2. The van der Waals surface area contributed by atoms with E-state index in [-0.39, 0.29) is 30.6 Å². The van der Waals surface area contributed by atoms with Gasteiger partial charge in [0.15, 0.2) is 0 Å². The molecule has 1 atom stereocenters. The second kappa shape index (κ2) is 8.25. The Balaban J connectivity index is 1.68. The summed E-state index contributed by atoms with van der Waals surface area (Å²) >= 11 is 3.28. The third kappa shape index (κ3) is 3.72. The van der Waals surface area contributed by atoms with Crippen molar-refractivity contribution < 1.29 is 14.6 Å². The number of hydrogen-bond donors (Lipinski definition) is 2. The fourth-order valence-electron chi connectivity index (χ4n) is 3.38. The SMILES string of the molecule is O=C(NC[C@H](OCCO)c1cccs1)C1(c2cccs2)CCCC1. The van der Waals surface area contributed by atoms with Crippen molar-refractivity contribution in [1.82, 2.24) is 5.32 Å². The lowest BCUT2D eigenvalue weighted by Crippen LogP contribution is -2.43. The second-order valence-corrected chi connectivity index (χ2v) is 8.00. The Labute approximate surface area is 150 Å². The molecule has 4 nitrogen and oxygen atoms in total. The predicted molar refractivity (Wildman–Crippen MR) is 97.6 cm³/mol. The molecule has 2 heterocycles. The molecule has 1 amide bonds. The Hall–Kier alpha value is -1.21. The topological polar surface area (TPSA) is 58.6 Å². The van der Waals surface area contributed by atoms with Gasteiger partial charge in [-0.25, -0.2) is 0 Å². The summed E-state index contributed by atoms with van der Waals surface area (Å²) in [5.74, 6) is 0.108. The van der Waals surface area contributed by atoms with Crippen LogP contribution in [0.4, 0.5) is 0 Å². The molecule has 0 saturated heterocycles. The minimum atomic E-state index is -0.370. The Morgan fingerprint density at radius 3 is 2.62 bits per heavy atom. The van der Waals surface area contributed by atoms with Gasteiger partial charge in [0.05, 0.1) is 18.6 Å². The van der Waals surface area contributed by atoms with Crippen molar-refractivity contribution in [3.8, 4) is 0 Å². The fourth-order valence-corrected chi connectivity index (χ4v) is 5.14. The monoisotopic (exact) mass is 365 g/mol. The molecule has 0 aliphatic heterocycles. The van der Waals surface area contributed by atoms with Crippen LogP contribution in [-0.4, -0.2) is 30.8 Å². The van der Waals surface area contributed by atoms with Gasteiger partial charge in [0.25, 0.3) is 0 Å². The van der Waals surface area contributed by atoms with Gasteiger partial charge < -0.3 is 15.2 Å². The van der Waals surface area contributed by atoms with Crippen molar-refractivity contribution in [1.29, 1.82) is 0 Å².